The molecule has 0 aliphatic carbocycles. The van der Waals surface area contributed by atoms with E-state index in [0.29, 0.717) is 25.5 Å². The number of fused-ring (bicyclic) bond motifs is 1. The molecule has 4 nitrogen and oxygen atoms in total. The number of carbonyl (C=O) groups excluding carboxylic acids is 1. The molecule has 1 aromatic carbocycles. The molecule has 1 aliphatic rings. The largest absolute Gasteiger partial charge is 0.491 e. The smallest absolute Gasteiger partial charge is 0.290 e. The van der Waals surface area contributed by atoms with Crippen molar-refractivity contribution < 1.29 is 14.3 Å². The van der Waals surface area contributed by atoms with E-state index in [-0.39, 0.29) is 11.7 Å². The van der Waals surface area contributed by atoms with Gasteiger partial charge >= 0.3 is 0 Å². The van der Waals surface area contributed by atoms with Crippen molar-refractivity contribution in [1.29, 1.82) is 0 Å². The molecule has 1 aromatic heterocycles. The second kappa shape index (κ2) is 5.54. The molecule has 3 rings (SSSR count). The third-order valence-corrected chi connectivity index (χ3v) is 4.04. The Morgan fingerprint density at radius 2 is 2.15 bits per heavy atom. The lowest BCUT2D eigenvalue weighted by atomic mass is 10.1. The van der Waals surface area contributed by atoms with Crippen LogP contribution >= 0.6 is 11.3 Å². The SMILES string of the molecule is CC1=C(C(=O)NCc2ccc3sccc3c2)OCCO1. The second-order valence-electron chi connectivity index (χ2n) is 4.56. The highest BCUT2D eigenvalue weighted by molar-refractivity contribution is 7.17. The molecule has 20 heavy (non-hydrogen) atoms. The fraction of sp³-hybridized carbons (Fsp3) is 0.267. The van der Waals surface area contributed by atoms with Gasteiger partial charge in [-0.25, -0.2) is 0 Å². The van der Waals surface area contributed by atoms with Gasteiger partial charge in [0.25, 0.3) is 5.91 Å². The molecule has 0 atom stereocenters. The van der Waals surface area contributed by atoms with Gasteiger partial charge in [0.15, 0.2) is 0 Å². The minimum atomic E-state index is -0.229. The zero-order chi connectivity index (χ0) is 13.9. The number of hydrogen-bond acceptors (Lipinski definition) is 4. The van der Waals surface area contributed by atoms with Crippen molar-refractivity contribution >= 4 is 27.3 Å². The van der Waals surface area contributed by atoms with Crippen molar-refractivity contribution in [2.45, 2.75) is 13.5 Å². The van der Waals surface area contributed by atoms with Gasteiger partial charge in [0.1, 0.15) is 19.0 Å². The molecule has 2 heterocycles. The van der Waals surface area contributed by atoms with Crippen LogP contribution in [0.5, 0.6) is 0 Å². The maximum Gasteiger partial charge on any atom is 0.290 e. The van der Waals surface area contributed by atoms with E-state index in [1.165, 1.54) is 10.1 Å². The molecule has 1 aliphatic heterocycles. The Balaban J connectivity index is 1.68. The lowest BCUT2D eigenvalue weighted by molar-refractivity contribution is -0.122. The summed E-state index contributed by atoms with van der Waals surface area (Å²) in [6.45, 7) is 3.13. The molecule has 0 radical (unpaired) electrons. The van der Waals surface area contributed by atoms with E-state index in [2.05, 4.69) is 28.9 Å². The number of nitrogens with one attached hydrogen (secondary N) is 1. The van der Waals surface area contributed by atoms with E-state index in [0.717, 1.165) is 5.56 Å². The Labute approximate surface area is 121 Å². The Kier molecular flexibility index (Phi) is 3.60. The quantitative estimate of drug-likeness (QED) is 0.945. The summed E-state index contributed by atoms with van der Waals surface area (Å²) < 4.78 is 11.9. The van der Waals surface area contributed by atoms with E-state index in [4.69, 9.17) is 9.47 Å². The summed E-state index contributed by atoms with van der Waals surface area (Å²) >= 11 is 1.71. The molecule has 5 heteroatoms. The summed E-state index contributed by atoms with van der Waals surface area (Å²) in [5.41, 5.74) is 1.07. The Morgan fingerprint density at radius 3 is 3.00 bits per heavy atom. The third kappa shape index (κ3) is 2.63. The van der Waals surface area contributed by atoms with Crippen molar-refractivity contribution in [3.05, 3.63) is 46.7 Å². The number of allylic oxidation sites excluding steroid dienone is 1. The Morgan fingerprint density at radius 1 is 1.30 bits per heavy atom. The van der Waals surface area contributed by atoms with Gasteiger partial charge in [-0.05, 0) is 41.5 Å². The maximum atomic E-state index is 12.0. The van der Waals surface area contributed by atoms with Crippen molar-refractivity contribution in [2.24, 2.45) is 0 Å². The molecule has 1 amide bonds. The molecule has 0 unspecified atom stereocenters. The summed E-state index contributed by atoms with van der Waals surface area (Å²) in [5, 5.41) is 6.12. The average molecular weight is 289 g/mol. The molecule has 2 aromatic rings. The number of hydrogen-bond donors (Lipinski definition) is 1. The molecule has 0 bridgehead atoms. The van der Waals surface area contributed by atoms with Crippen LogP contribution in [0.1, 0.15) is 12.5 Å². The zero-order valence-corrected chi connectivity index (χ0v) is 12.0. The molecule has 104 valence electrons. The van der Waals surface area contributed by atoms with Gasteiger partial charge in [-0.3, -0.25) is 4.79 Å². The molecular weight excluding hydrogens is 274 g/mol. The van der Waals surface area contributed by atoms with Crippen molar-refractivity contribution in [3.63, 3.8) is 0 Å². The first-order valence-corrected chi connectivity index (χ1v) is 7.33. The maximum absolute atomic E-state index is 12.0. The van der Waals surface area contributed by atoms with Gasteiger partial charge in [0.2, 0.25) is 5.76 Å². The van der Waals surface area contributed by atoms with Crippen molar-refractivity contribution in [3.8, 4) is 0 Å². The fourth-order valence-corrected chi connectivity index (χ4v) is 2.89. The summed E-state index contributed by atoms with van der Waals surface area (Å²) in [6.07, 6.45) is 0. The van der Waals surface area contributed by atoms with Gasteiger partial charge in [0.05, 0.1) is 0 Å². The molecule has 0 saturated carbocycles. The van der Waals surface area contributed by atoms with Gasteiger partial charge in [-0.15, -0.1) is 11.3 Å². The topological polar surface area (TPSA) is 47.6 Å². The molecule has 0 fully saturated rings. The minimum absolute atomic E-state index is 0.229. The van der Waals surface area contributed by atoms with Crippen LogP contribution in [0, 0.1) is 0 Å². The summed E-state index contributed by atoms with van der Waals surface area (Å²) in [7, 11) is 0. The third-order valence-electron chi connectivity index (χ3n) is 3.14. The Bertz CT molecular complexity index is 675. The van der Waals surface area contributed by atoms with Gasteiger partial charge < -0.3 is 14.8 Å². The lowest BCUT2D eigenvalue weighted by Gasteiger charge is -2.19. The predicted molar refractivity (Wildman–Crippen MR) is 78.3 cm³/mol. The van der Waals surface area contributed by atoms with Crippen molar-refractivity contribution in [2.75, 3.05) is 13.2 Å². The monoisotopic (exact) mass is 289 g/mol. The summed E-state index contributed by atoms with van der Waals surface area (Å²) in [4.78, 5) is 12.0. The van der Waals surface area contributed by atoms with E-state index in [1.54, 1.807) is 18.3 Å². The highest BCUT2D eigenvalue weighted by Gasteiger charge is 2.19. The summed E-state index contributed by atoms with van der Waals surface area (Å²) in [5.74, 6) is 0.600. The molecular formula is C15H15NO3S. The normalized spacial score (nSPS) is 14.8. The summed E-state index contributed by atoms with van der Waals surface area (Å²) in [6, 6.07) is 8.27. The first kappa shape index (κ1) is 13.0. The van der Waals surface area contributed by atoms with Crippen LogP contribution in [-0.2, 0) is 20.8 Å². The van der Waals surface area contributed by atoms with Crippen LogP contribution in [-0.4, -0.2) is 19.1 Å². The molecule has 1 N–H and O–H groups in total. The van der Waals surface area contributed by atoms with Crippen molar-refractivity contribution in [1.82, 2.24) is 5.32 Å². The van der Waals surface area contributed by atoms with Crippen LogP contribution < -0.4 is 5.32 Å². The van der Waals surface area contributed by atoms with Crippen LogP contribution in [0.3, 0.4) is 0 Å². The Hall–Kier alpha value is -2.01. The first-order chi connectivity index (χ1) is 9.74. The predicted octanol–water partition coefficient (Wildman–Crippen LogP) is 2.80. The van der Waals surface area contributed by atoms with E-state index < -0.39 is 0 Å². The van der Waals surface area contributed by atoms with Crippen LogP contribution in [0.4, 0.5) is 0 Å². The van der Waals surface area contributed by atoms with Gasteiger partial charge in [-0.2, -0.15) is 0 Å². The van der Waals surface area contributed by atoms with Gasteiger partial charge in [0, 0.05) is 11.2 Å². The van der Waals surface area contributed by atoms with Crippen LogP contribution in [0.2, 0.25) is 0 Å². The number of amides is 1. The van der Waals surface area contributed by atoms with Crippen LogP contribution in [0.15, 0.2) is 41.2 Å². The number of carbonyl (C=O) groups is 1. The first-order valence-electron chi connectivity index (χ1n) is 6.45. The fourth-order valence-electron chi connectivity index (χ4n) is 2.12. The highest BCUT2D eigenvalue weighted by atomic mass is 32.1. The number of rotatable bonds is 3. The lowest BCUT2D eigenvalue weighted by Crippen LogP contribution is -2.29. The number of ether oxygens (including phenoxy) is 2. The van der Waals surface area contributed by atoms with E-state index in [9.17, 15) is 4.79 Å². The van der Waals surface area contributed by atoms with E-state index in [1.807, 2.05) is 6.07 Å². The standard InChI is InChI=1S/C15H15NO3S/c1-10-14(19-6-5-18-10)15(17)16-9-11-2-3-13-12(8-11)4-7-20-13/h2-4,7-8H,5-6,9H2,1H3,(H,16,17). The minimum Gasteiger partial charge on any atom is -0.491 e. The van der Waals surface area contributed by atoms with Crippen LogP contribution in [0.25, 0.3) is 10.1 Å². The molecule has 0 saturated heterocycles. The highest BCUT2D eigenvalue weighted by Crippen LogP contribution is 2.21. The van der Waals surface area contributed by atoms with E-state index >= 15 is 0 Å². The zero-order valence-electron chi connectivity index (χ0n) is 11.1. The van der Waals surface area contributed by atoms with Gasteiger partial charge in [-0.1, -0.05) is 6.07 Å². The number of thiophene rings is 1. The second-order valence-corrected chi connectivity index (χ2v) is 5.51. The number of benzene rings is 1. The average Bonchev–Trinajstić information content (AvgIpc) is 2.92. The molecule has 0 spiro atoms.